The topological polar surface area (TPSA) is 82.5 Å². The lowest BCUT2D eigenvalue weighted by Gasteiger charge is -2.28. The molecule has 0 aliphatic heterocycles. The van der Waals surface area contributed by atoms with E-state index in [1.807, 2.05) is 24.3 Å². The summed E-state index contributed by atoms with van der Waals surface area (Å²) in [5, 5.41) is 23.6. The van der Waals surface area contributed by atoms with E-state index in [1.165, 1.54) is 30.6 Å². The van der Waals surface area contributed by atoms with Crippen molar-refractivity contribution in [2.75, 3.05) is 6.54 Å². The summed E-state index contributed by atoms with van der Waals surface area (Å²) in [6.45, 7) is 2.80. The van der Waals surface area contributed by atoms with Crippen LogP contribution in [0.1, 0.15) is 50.1 Å². The Kier molecular flexibility index (Phi) is 6.04. The molecule has 0 bridgehead atoms. The molecule has 2 atom stereocenters. The summed E-state index contributed by atoms with van der Waals surface area (Å²) in [7, 11) is 0. The molecule has 1 aliphatic carbocycles. The zero-order valence-electron chi connectivity index (χ0n) is 14.5. The molecule has 1 amide bonds. The molecule has 1 fully saturated rings. The Morgan fingerprint density at radius 3 is 2.60 bits per heavy atom. The summed E-state index contributed by atoms with van der Waals surface area (Å²) in [4.78, 5) is 16.5. The second-order valence-corrected chi connectivity index (χ2v) is 8.01. The number of rotatable bonds is 6. The van der Waals surface area contributed by atoms with Crippen LogP contribution in [-0.4, -0.2) is 33.8 Å². The van der Waals surface area contributed by atoms with Crippen LogP contribution in [0.4, 0.5) is 0 Å². The first-order chi connectivity index (χ1) is 12.1. The molecule has 1 saturated carbocycles. The molecule has 1 heterocycles. The molecule has 5 nitrogen and oxygen atoms in total. The quantitative estimate of drug-likeness (QED) is 0.738. The van der Waals surface area contributed by atoms with Crippen molar-refractivity contribution in [3.63, 3.8) is 0 Å². The molecular formula is C19H26N2O3S. The van der Waals surface area contributed by atoms with Crippen molar-refractivity contribution in [2.24, 2.45) is 11.8 Å². The van der Waals surface area contributed by atoms with Crippen LogP contribution in [0, 0.1) is 11.8 Å². The number of amides is 1. The Labute approximate surface area is 152 Å². The number of aliphatic hydroxyl groups excluding tert-OH is 2. The number of para-hydroxylation sites is 1. The lowest BCUT2D eigenvalue weighted by molar-refractivity contribution is -0.135. The molecule has 136 valence electrons. The third-order valence-electron chi connectivity index (χ3n) is 5.24. The summed E-state index contributed by atoms with van der Waals surface area (Å²) in [6.07, 6.45) is 3.11. The predicted molar refractivity (Wildman–Crippen MR) is 99.3 cm³/mol. The molecule has 1 aromatic carbocycles. The number of carbonyl (C=O) groups is 1. The SMILES string of the molecule is CCC1CCC(CNC(=O)[C@H](O)[C@H](O)c2nc3ccccc3s2)CC1. The van der Waals surface area contributed by atoms with E-state index in [0.717, 1.165) is 29.0 Å². The highest BCUT2D eigenvalue weighted by molar-refractivity contribution is 7.18. The maximum absolute atomic E-state index is 12.2. The third kappa shape index (κ3) is 4.37. The maximum Gasteiger partial charge on any atom is 0.252 e. The second-order valence-electron chi connectivity index (χ2n) is 6.95. The van der Waals surface area contributed by atoms with Crippen LogP contribution in [0.25, 0.3) is 10.2 Å². The minimum atomic E-state index is -1.49. The molecule has 1 aromatic heterocycles. The number of nitrogens with one attached hydrogen (secondary N) is 1. The van der Waals surface area contributed by atoms with Gasteiger partial charge in [0.25, 0.3) is 5.91 Å². The van der Waals surface area contributed by atoms with E-state index in [4.69, 9.17) is 0 Å². The van der Waals surface area contributed by atoms with Crippen LogP contribution >= 0.6 is 11.3 Å². The Balaban J connectivity index is 1.53. The van der Waals surface area contributed by atoms with Gasteiger partial charge in [0.05, 0.1) is 10.2 Å². The van der Waals surface area contributed by atoms with E-state index in [-0.39, 0.29) is 0 Å². The van der Waals surface area contributed by atoms with Crippen molar-refractivity contribution in [2.45, 2.75) is 51.2 Å². The second kappa shape index (κ2) is 8.25. The molecule has 0 spiro atoms. The van der Waals surface area contributed by atoms with Crippen LogP contribution in [0.15, 0.2) is 24.3 Å². The van der Waals surface area contributed by atoms with Crippen LogP contribution in [-0.2, 0) is 4.79 Å². The van der Waals surface area contributed by atoms with Crippen LogP contribution < -0.4 is 5.32 Å². The molecule has 2 aromatic rings. The van der Waals surface area contributed by atoms with Gasteiger partial charge in [0.1, 0.15) is 11.1 Å². The minimum Gasteiger partial charge on any atom is -0.383 e. The first-order valence-electron chi connectivity index (χ1n) is 9.07. The number of hydrogen-bond donors (Lipinski definition) is 3. The highest BCUT2D eigenvalue weighted by Crippen LogP contribution is 2.30. The van der Waals surface area contributed by atoms with Gasteiger partial charge in [-0.2, -0.15) is 0 Å². The van der Waals surface area contributed by atoms with Gasteiger partial charge in [-0.05, 0) is 36.8 Å². The van der Waals surface area contributed by atoms with Crippen LogP contribution in [0.2, 0.25) is 0 Å². The Hall–Kier alpha value is -1.50. The highest BCUT2D eigenvalue weighted by atomic mass is 32.1. The van der Waals surface area contributed by atoms with E-state index in [2.05, 4.69) is 17.2 Å². The van der Waals surface area contributed by atoms with Crippen LogP contribution in [0.3, 0.4) is 0 Å². The minimum absolute atomic E-state index is 0.368. The molecule has 1 aliphatic rings. The van der Waals surface area contributed by atoms with Gasteiger partial charge in [-0.25, -0.2) is 4.98 Å². The Morgan fingerprint density at radius 1 is 1.24 bits per heavy atom. The smallest absolute Gasteiger partial charge is 0.252 e. The summed E-state index contributed by atoms with van der Waals surface area (Å²) in [6, 6.07) is 7.52. The van der Waals surface area contributed by atoms with E-state index in [0.29, 0.717) is 17.5 Å². The first kappa shape index (κ1) is 18.3. The molecule has 25 heavy (non-hydrogen) atoms. The fraction of sp³-hybridized carbons (Fsp3) is 0.579. The van der Waals surface area contributed by atoms with E-state index in [1.54, 1.807) is 0 Å². The van der Waals surface area contributed by atoms with Gasteiger partial charge in [0, 0.05) is 6.54 Å². The van der Waals surface area contributed by atoms with Crippen LogP contribution in [0.5, 0.6) is 0 Å². The largest absolute Gasteiger partial charge is 0.383 e. The van der Waals surface area contributed by atoms with Gasteiger partial charge < -0.3 is 15.5 Å². The lowest BCUT2D eigenvalue weighted by Crippen LogP contribution is -2.41. The zero-order chi connectivity index (χ0) is 17.8. The fourth-order valence-electron chi connectivity index (χ4n) is 3.49. The molecular weight excluding hydrogens is 336 g/mol. The maximum atomic E-state index is 12.2. The number of carbonyl (C=O) groups excluding carboxylic acids is 1. The van der Waals surface area contributed by atoms with Gasteiger partial charge in [0.15, 0.2) is 6.10 Å². The summed E-state index contributed by atoms with van der Waals surface area (Å²) >= 11 is 1.30. The van der Waals surface area contributed by atoms with Crippen molar-refractivity contribution in [3.05, 3.63) is 29.3 Å². The number of thiazole rings is 1. The molecule has 3 rings (SSSR count). The standard InChI is InChI=1S/C19H26N2O3S/c1-2-12-7-9-13(10-8-12)11-20-18(24)16(22)17(23)19-21-14-5-3-4-6-15(14)25-19/h3-6,12-13,16-17,22-23H,2,7-11H2,1H3,(H,20,24)/t12?,13?,16-,17+/m1/s1. The Bertz CT molecular complexity index is 677. The third-order valence-corrected chi connectivity index (χ3v) is 6.35. The molecule has 0 saturated heterocycles. The summed E-state index contributed by atoms with van der Waals surface area (Å²) in [5.41, 5.74) is 0.766. The molecule has 3 N–H and O–H groups in total. The number of nitrogens with zero attached hydrogens (tertiary/aromatic N) is 1. The van der Waals surface area contributed by atoms with Gasteiger partial charge in [0.2, 0.25) is 0 Å². The van der Waals surface area contributed by atoms with Gasteiger partial charge >= 0.3 is 0 Å². The lowest BCUT2D eigenvalue weighted by atomic mass is 9.81. The zero-order valence-corrected chi connectivity index (χ0v) is 15.3. The highest BCUT2D eigenvalue weighted by Gasteiger charge is 2.29. The number of aromatic nitrogens is 1. The normalized spacial score (nSPS) is 23.3. The van der Waals surface area contributed by atoms with Crippen molar-refractivity contribution < 1.29 is 15.0 Å². The van der Waals surface area contributed by atoms with E-state index in [9.17, 15) is 15.0 Å². The summed E-state index contributed by atoms with van der Waals surface area (Å²) in [5.74, 6) is 0.765. The van der Waals surface area contributed by atoms with Gasteiger partial charge in [-0.3, -0.25) is 4.79 Å². The number of fused-ring (bicyclic) bond motifs is 1. The van der Waals surface area contributed by atoms with E-state index < -0.39 is 18.1 Å². The van der Waals surface area contributed by atoms with Gasteiger partial charge in [-0.1, -0.05) is 38.3 Å². The number of benzene rings is 1. The average molecular weight is 362 g/mol. The molecule has 0 unspecified atom stereocenters. The van der Waals surface area contributed by atoms with Crippen molar-refractivity contribution in [3.8, 4) is 0 Å². The molecule has 6 heteroatoms. The summed E-state index contributed by atoms with van der Waals surface area (Å²) < 4.78 is 0.928. The molecule has 0 radical (unpaired) electrons. The van der Waals surface area contributed by atoms with Crippen molar-refractivity contribution in [1.82, 2.24) is 10.3 Å². The van der Waals surface area contributed by atoms with E-state index >= 15 is 0 Å². The number of hydrogen-bond acceptors (Lipinski definition) is 5. The first-order valence-corrected chi connectivity index (χ1v) is 9.89. The average Bonchev–Trinajstić information content (AvgIpc) is 3.09. The number of aliphatic hydroxyl groups is 2. The van der Waals surface area contributed by atoms with Crippen molar-refractivity contribution in [1.29, 1.82) is 0 Å². The Morgan fingerprint density at radius 2 is 1.92 bits per heavy atom. The van der Waals surface area contributed by atoms with Crippen molar-refractivity contribution >= 4 is 27.5 Å². The van der Waals surface area contributed by atoms with Gasteiger partial charge in [-0.15, -0.1) is 11.3 Å². The fourth-order valence-corrected chi connectivity index (χ4v) is 4.47. The predicted octanol–water partition coefficient (Wildman–Crippen LogP) is 3.02. The monoisotopic (exact) mass is 362 g/mol.